The molecule has 0 aliphatic carbocycles. The van der Waals surface area contributed by atoms with E-state index in [1.54, 1.807) is 7.11 Å². The van der Waals surface area contributed by atoms with Gasteiger partial charge < -0.3 is 10.1 Å². The van der Waals surface area contributed by atoms with Crippen LogP contribution in [0.15, 0.2) is 30.3 Å². The van der Waals surface area contributed by atoms with Crippen molar-refractivity contribution in [3.8, 4) is 5.75 Å². The zero-order valence-corrected chi connectivity index (χ0v) is 12.7. The van der Waals surface area contributed by atoms with Gasteiger partial charge in [-0.2, -0.15) is 5.10 Å². The van der Waals surface area contributed by atoms with Gasteiger partial charge in [0.2, 0.25) is 0 Å². The highest BCUT2D eigenvalue weighted by Gasteiger charge is 2.14. The second-order valence-corrected chi connectivity index (χ2v) is 4.91. The second-order valence-electron chi connectivity index (χ2n) is 4.91. The van der Waals surface area contributed by atoms with Crippen LogP contribution in [0.1, 0.15) is 29.9 Å². The number of ether oxygens (including phenoxy) is 1. The molecule has 1 unspecified atom stereocenters. The number of benzene rings is 1. The number of hydrogen-bond acceptors (Lipinski definition) is 3. The quantitative estimate of drug-likeness (QED) is 0.879. The van der Waals surface area contributed by atoms with Crippen molar-refractivity contribution in [1.29, 1.82) is 0 Å². The molecular weight excluding hydrogens is 250 g/mol. The molecule has 4 nitrogen and oxygen atoms in total. The molecule has 1 atom stereocenters. The number of methoxy groups -OCH3 is 1. The number of hydrogen-bond donors (Lipinski definition) is 1. The highest BCUT2D eigenvalue weighted by atomic mass is 16.5. The lowest BCUT2D eigenvalue weighted by Crippen LogP contribution is -2.20. The van der Waals surface area contributed by atoms with Crippen LogP contribution in [0.4, 0.5) is 0 Å². The van der Waals surface area contributed by atoms with E-state index in [4.69, 9.17) is 4.74 Å². The van der Waals surface area contributed by atoms with Crippen LogP contribution in [0.5, 0.6) is 5.75 Å². The number of nitrogens with zero attached hydrogens (tertiary/aromatic N) is 2. The maximum absolute atomic E-state index is 5.30. The van der Waals surface area contributed by atoms with Gasteiger partial charge in [0, 0.05) is 24.7 Å². The van der Waals surface area contributed by atoms with E-state index in [1.165, 1.54) is 11.3 Å². The first-order valence-electron chi connectivity index (χ1n) is 7.02. The Morgan fingerprint density at radius 3 is 2.80 bits per heavy atom. The van der Waals surface area contributed by atoms with Crippen molar-refractivity contribution in [3.63, 3.8) is 0 Å². The molecule has 1 aromatic carbocycles. The molecule has 2 aromatic rings. The summed E-state index contributed by atoms with van der Waals surface area (Å²) in [6.07, 6.45) is 0.915. The minimum Gasteiger partial charge on any atom is -0.497 e. The van der Waals surface area contributed by atoms with Crippen LogP contribution in [0.3, 0.4) is 0 Å². The molecule has 2 rings (SSSR count). The molecule has 0 spiro atoms. The Balaban J connectivity index is 2.23. The lowest BCUT2D eigenvalue weighted by atomic mass is 10.0. The molecule has 0 saturated heterocycles. The van der Waals surface area contributed by atoms with E-state index in [2.05, 4.69) is 40.2 Å². The SMILES string of the molecule is CCn1nc(C)cc1CC(NC)c1cccc(OC)c1. The summed E-state index contributed by atoms with van der Waals surface area (Å²) in [6, 6.07) is 10.6. The summed E-state index contributed by atoms with van der Waals surface area (Å²) in [5, 5.41) is 7.89. The Labute approximate surface area is 120 Å². The summed E-state index contributed by atoms with van der Waals surface area (Å²) >= 11 is 0. The first kappa shape index (κ1) is 14.6. The molecule has 0 bridgehead atoms. The number of nitrogens with one attached hydrogen (secondary N) is 1. The Hall–Kier alpha value is -1.81. The van der Waals surface area contributed by atoms with Gasteiger partial charge in [-0.25, -0.2) is 0 Å². The number of likely N-dealkylation sites (N-methyl/N-ethyl adjacent to an activating group) is 1. The van der Waals surface area contributed by atoms with E-state index in [-0.39, 0.29) is 6.04 Å². The first-order chi connectivity index (χ1) is 9.67. The van der Waals surface area contributed by atoms with Crippen LogP contribution < -0.4 is 10.1 Å². The molecular formula is C16H23N3O. The summed E-state index contributed by atoms with van der Waals surface area (Å²) < 4.78 is 7.37. The fourth-order valence-corrected chi connectivity index (χ4v) is 2.49. The van der Waals surface area contributed by atoms with Crippen molar-refractivity contribution in [3.05, 3.63) is 47.3 Å². The standard InChI is InChI=1S/C16H23N3O/c1-5-19-14(9-12(2)18-19)11-16(17-3)13-7-6-8-15(10-13)20-4/h6-10,16-17H,5,11H2,1-4H3. The first-order valence-corrected chi connectivity index (χ1v) is 7.02. The Morgan fingerprint density at radius 2 is 2.15 bits per heavy atom. The number of rotatable bonds is 6. The highest BCUT2D eigenvalue weighted by molar-refractivity contribution is 5.31. The average molecular weight is 273 g/mol. The van der Waals surface area contributed by atoms with E-state index in [1.807, 2.05) is 26.1 Å². The summed E-state index contributed by atoms with van der Waals surface area (Å²) in [6.45, 7) is 5.06. The van der Waals surface area contributed by atoms with E-state index < -0.39 is 0 Å². The van der Waals surface area contributed by atoms with E-state index in [0.29, 0.717) is 0 Å². The molecule has 0 saturated carbocycles. The third-order valence-corrected chi connectivity index (χ3v) is 3.54. The minimum absolute atomic E-state index is 0.256. The zero-order chi connectivity index (χ0) is 14.5. The van der Waals surface area contributed by atoms with Crippen molar-refractivity contribution in [1.82, 2.24) is 15.1 Å². The fourth-order valence-electron chi connectivity index (χ4n) is 2.49. The molecule has 108 valence electrons. The zero-order valence-electron chi connectivity index (χ0n) is 12.7. The van der Waals surface area contributed by atoms with Crippen molar-refractivity contribution in [2.24, 2.45) is 0 Å². The molecule has 1 heterocycles. The van der Waals surface area contributed by atoms with Crippen LogP contribution in [-0.4, -0.2) is 23.9 Å². The molecule has 0 amide bonds. The van der Waals surface area contributed by atoms with Crippen LogP contribution in [-0.2, 0) is 13.0 Å². The molecule has 4 heteroatoms. The maximum atomic E-state index is 5.30. The third-order valence-electron chi connectivity index (χ3n) is 3.54. The van der Waals surface area contributed by atoms with Crippen molar-refractivity contribution >= 4 is 0 Å². The lowest BCUT2D eigenvalue weighted by molar-refractivity contribution is 0.413. The summed E-state index contributed by atoms with van der Waals surface area (Å²) in [5.74, 6) is 0.892. The van der Waals surface area contributed by atoms with Gasteiger partial charge in [-0.05, 0) is 44.7 Å². The molecule has 1 aromatic heterocycles. The van der Waals surface area contributed by atoms with Crippen molar-refractivity contribution in [2.75, 3.05) is 14.2 Å². The van der Waals surface area contributed by atoms with Crippen LogP contribution in [0.25, 0.3) is 0 Å². The number of aromatic nitrogens is 2. The van der Waals surface area contributed by atoms with Gasteiger partial charge in [-0.1, -0.05) is 12.1 Å². The van der Waals surface area contributed by atoms with Crippen molar-refractivity contribution < 1.29 is 4.74 Å². The Bertz CT molecular complexity index is 563. The fraction of sp³-hybridized carbons (Fsp3) is 0.438. The van der Waals surface area contributed by atoms with Crippen molar-refractivity contribution in [2.45, 2.75) is 32.9 Å². The van der Waals surface area contributed by atoms with Gasteiger partial charge in [0.05, 0.1) is 12.8 Å². The second kappa shape index (κ2) is 6.57. The average Bonchev–Trinajstić information content (AvgIpc) is 2.84. The maximum Gasteiger partial charge on any atom is 0.119 e. The molecule has 0 aliphatic heterocycles. The Kier molecular flexibility index (Phi) is 4.79. The van der Waals surface area contributed by atoms with E-state index in [9.17, 15) is 0 Å². The van der Waals surface area contributed by atoms with Gasteiger partial charge in [-0.15, -0.1) is 0 Å². The highest BCUT2D eigenvalue weighted by Crippen LogP contribution is 2.22. The smallest absolute Gasteiger partial charge is 0.119 e. The molecule has 0 radical (unpaired) electrons. The van der Waals surface area contributed by atoms with Gasteiger partial charge in [-0.3, -0.25) is 4.68 Å². The molecule has 0 fully saturated rings. The molecule has 20 heavy (non-hydrogen) atoms. The van der Waals surface area contributed by atoms with Crippen LogP contribution >= 0.6 is 0 Å². The van der Waals surface area contributed by atoms with Crippen LogP contribution in [0.2, 0.25) is 0 Å². The topological polar surface area (TPSA) is 39.1 Å². The lowest BCUT2D eigenvalue weighted by Gasteiger charge is -2.18. The summed E-state index contributed by atoms with van der Waals surface area (Å²) in [4.78, 5) is 0. The van der Waals surface area contributed by atoms with Gasteiger partial charge in [0.1, 0.15) is 5.75 Å². The van der Waals surface area contributed by atoms with Crippen LogP contribution in [0, 0.1) is 6.92 Å². The molecule has 0 aliphatic rings. The predicted octanol–water partition coefficient (Wildman–Crippen LogP) is 2.72. The van der Waals surface area contributed by atoms with E-state index >= 15 is 0 Å². The van der Waals surface area contributed by atoms with Gasteiger partial charge in [0.15, 0.2) is 0 Å². The monoisotopic (exact) mass is 273 g/mol. The van der Waals surface area contributed by atoms with Gasteiger partial charge in [0.25, 0.3) is 0 Å². The number of aryl methyl sites for hydroxylation is 2. The summed E-state index contributed by atoms with van der Waals surface area (Å²) in [5.41, 5.74) is 3.56. The normalized spacial score (nSPS) is 12.4. The third kappa shape index (κ3) is 3.20. The summed E-state index contributed by atoms with van der Waals surface area (Å²) in [7, 11) is 3.69. The van der Waals surface area contributed by atoms with Gasteiger partial charge >= 0.3 is 0 Å². The largest absolute Gasteiger partial charge is 0.497 e. The minimum atomic E-state index is 0.256. The molecule has 1 N–H and O–H groups in total. The predicted molar refractivity (Wildman–Crippen MR) is 81.1 cm³/mol. The van der Waals surface area contributed by atoms with E-state index in [0.717, 1.165) is 24.4 Å². The Morgan fingerprint density at radius 1 is 1.35 bits per heavy atom.